The van der Waals surface area contributed by atoms with E-state index in [4.69, 9.17) is 0 Å². The summed E-state index contributed by atoms with van der Waals surface area (Å²) in [6.07, 6.45) is 6.01. The first-order valence-electron chi connectivity index (χ1n) is 9.34. The molecule has 2 saturated heterocycles. The normalized spacial score (nSPS) is 18.4. The molecule has 5 rings (SSSR count). The van der Waals surface area contributed by atoms with E-state index in [1.807, 2.05) is 24.3 Å². The number of phenols is 1. The highest BCUT2D eigenvalue weighted by molar-refractivity contribution is 5.73. The molecule has 3 N–H and O–H groups in total. The zero-order valence-electron chi connectivity index (χ0n) is 15.0. The van der Waals surface area contributed by atoms with Crippen molar-refractivity contribution in [2.45, 2.75) is 12.8 Å². The van der Waals surface area contributed by atoms with Gasteiger partial charge in [0.15, 0.2) is 5.82 Å². The van der Waals surface area contributed by atoms with Crippen LogP contribution in [0, 0.1) is 5.41 Å². The van der Waals surface area contributed by atoms with E-state index in [-0.39, 0.29) is 5.75 Å². The molecule has 1 spiro atoms. The highest BCUT2D eigenvalue weighted by Gasteiger charge is 2.43. The number of hydrogen-bond donors (Lipinski definition) is 3. The van der Waals surface area contributed by atoms with E-state index in [0.29, 0.717) is 16.7 Å². The molecule has 3 aromatic rings. The van der Waals surface area contributed by atoms with Crippen LogP contribution >= 0.6 is 0 Å². The second-order valence-electron chi connectivity index (χ2n) is 7.60. The lowest BCUT2D eigenvalue weighted by molar-refractivity contribution is 0.149. The van der Waals surface area contributed by atoms with Crippen LogP contribution in [-0.2, 0) is 0 Å². The third kappa shape index (κ3) is 2.94. The van der Waals surface area contributed by atoms with Crippen molar-refractivity contribution >= 4 is 5.82 Å². The number of anilines is 1. The van der Waals surface area contributed by atoms with Crippen molar-refractivity contribution in [2.75, 3.05) is 31.1 Å². The molecular formula is C20H22N6O. The SMILES string of the molecule is Oc1cc(-c2cn[nH]c2)ccc1-c1ccc(N2CC3(CCNCC3)C2)nn1. The minimum Gasteiger partial charge on any atom is -0.507 e. The smallest absolute Gasteiger partial charge is 0.151 e. The quantitative estimate of drug-likeness (QED) is 0.663. The minimum absolute atomic E-state index is 0.188. The molecule has 138 valence electrons. The highest BCUT2D eigenvalue weighted by atomic mass is 16.3. The van der Waals surface area contributed by atoms with Gasteiger partial charge in [-0.25, -0.2) is 0 Å². The van der Waals surface area contributed by atoms with Gasteiger partial charge in [0.1, 0.15) is 5.75 Å². The summed E-state index contributed by atoms with van der Waals surface area (Å²) in [5, 5.41) is 29.3. The van der Waals surface area contributed by atoms with Gasteiger partial charge in [0.25, 0.3) is 0 Å². The summed E-state index contributed by atoms with van der Waals surface area (Å²) in [7, 11) is 0. The third-order valence-electron chi connectivity index (χ3n) is 5.80. The number of nitrogens with one attached hydrogen (secondary N) is 2. The fraction of sp³-hybridized carbons (Fsp3) is 0.350. The van der Waals surface area contributed by atoms with Crippen molar-refractivity contribution in [3.05, 3.63) is 42.7 Å². The molecule has 2 aliphatic heterocycles. The summed E-state index contributed by atoms with van der Waals surface area (Å²) in [4.78, 5) is 2.30. The Bertz CT molecular complexity index is 924. The lowest BCUT2D eigenvalue weighted by Gasteiger charge is -2.52. The molecule has 27 heavy (non-hydrogen) atoms. The number of piperidine rings is 1. The molecule has 2 aromatic heterocycles. The summed E-state index contributed by atoms with van der Waals surface area (Å²) in [6.45, 7) is 4.36. The molecule has 0 amide bonds. The fourth-order valence-electron chi connectivity index (χ4n) is 4.17. The molecule has 0 radical (unpaired) electrons. The zero-order chi connectivity index (χ0) is 18.3. The second kappa shape index (κ2) is 6.35. The Labute approximate surface area is 157 Å². The number of aromatic amines is 1. The van der Waals surface area contributed by atoms with E-state index >= 15 is 0 Å². The molecular weight excluding hydrogens is 340 g/mol. The Balaban J connectivity index is 1.32. The van der Waals surface area contributed by atoms with Crippen molar-refractivity contribution in [2.24, 2.45) is 5.41 Å². The number of H-pyrrole nitrogens is 1. The maximum Gasteiger partial charge on any atom is 0.151 e. The van der Waals surface area contributed by atoms with Gasteiger partial charge in [-0.3, -0.25) is 5.10 Å². The number of rotatable bonds is 3. The first kappa shape index (κ1) is 16.3. The van der Waals surface area contributed by atoms with E-state index in [1.165, 1.54) is 12.8 Å². The summed E-state index contributed by atoms with van der Waals surface area (Å²) < 4.78 is 0. The summed E-state index contributed by atoms with van der Waals surface area (Å²) >= 11 is 0. The van der Waals surface area contributed by atoms with Crippen molar-refractivity contribution in [3.8, 4) is 28.1 Å². The lowest BCUT2D eigenvalue weighted by atomic mass is 9.72. The van der Waals surface area contributed by atoms with Crippen molar-refractivity contribution in [1.82, 2.24) is 25.7 Å². The lowest BCUT2D eigenvalue weighted by Crippen LogP contribution is -2.60. The van der Waals surface area contributed by atoms with Crippen LogP contribution in [0.1, 0.15) is 12.8 Å². The maximum absolute atomic E-state index is 10.4. The summed E-state index contributed by atoms with van der Waals surface area (Å²) in [5.74, 6) is 1.10. The Hall–Kier alpha value is -2.93. The molecule has 1 aromatic carbocycles. The molecule has 2 aliphatic rings. The average Bonchev–Trinajstić information content (AvgIpc) is 3.22. The van der Waals surface area contributed by atoms with E-state index in [1.54, 1.807) is 18.5 Å². The first-order valence-corrected chi connectivity index (χ1v) is 9.34. The van der Waals surface area contributed by atoms with E-state index in [2.05, 4.69) is 30.6 Å². The fourth-order valence-corrected chi connectivity index (χ4v) is 4.17. The van der Waals surface area contributed by atoms with Gasteiger partial charge in [-0.2, -0.15) is 5.10 Å². The van der Waals surface area contributed by atoms with Gasteiger partial charge in [0.2, 0.25) is 0 Å². The molecule has 4 heterocycles. The second-order valence-corrected chi connectivity index (χ2v) is 7.60. The predicted octanol–water partition coefficient (Wildman–Crippen LogP) is 2.43. The van der Waals surface area contributed by atoms with Crippen LogP contribution in [0.15, 0.2) is 42.7 Å². The monoisotopic (exact) mass is 362 g/mol. The van der Waals surface area contributed by atoms with Crippen LogP contribution in [0.25, 0.3) is 22.4 Å². The highest BCUT2D eigenvalue weighted by Crippen LogP contribution is 2.40. The van der Waals surface area contributed by atoms with Crippen LogP contribution in [0.3, 0.4) is 0 Å². The van der Waals surface area contributed by atoms with Gasteiger partial charge in [-0.1, -0.05) is 6.07 Å². The topological polar surface area (TPSA) is 90.0 Å². The van der Waals surface area contributed by atoms with Crippen LogP contribution in [0.5, 0.6) is 5.75 Å². The number of phenolic OH excluding ortho intramolecular Hbond substituents is 1. The molecule has 2 fully saturated rings. The Kier molecular flexibility index (Phi) is 3.82. The predicted molar refractivity (Wildman–Crippen MR) is 103 cm³/mol. The first-order chi connectivity index (χ1) is 13.2. The largest absolute Gasteiger partial charge is 0.507 e. The summed E-state index contributed by atoms with van der Waals surface area (Å²) in [5.41, 5.74) is 3.66. The Morgan fingerprint density at radius 2 is 1.85 bits per heavy atom. The van der Waals surface area contributed by atoms with Crippen LogP contribution in [0.4, 0.5) is 5.82 Å². The molecule has 0 bridgehead atoms. The van der Waals surface area contributed by atoms with E-state index in [0.717, 1.165) is 43.1 Å². The number of hydrogen-bond acceptors (Lipinski definition) is 6. The third-order valence-corrected chi connectivity index (χ3v) is 5.80. The van der Waals surface area contributed by atoms with Crippen LogP contribution < -0.4 is 10.2 Å². The van der Waals surface area contributed by atoms with Gasteiger partial charge in [0, 0.05) is 35.8 Å². The van der Waals surface area contributed by atoms with Gasteiger partial charge in [-0.05, 0) is 55.8 Å². The summed E-state index contributed by atoms with van der Waals surface area (Å²) in [6, 6.07) is 9.48. The average molecular weight is 362 g/mol. The Morgan fingerprint density at radius 1 is 1.00 bits per heavy atom. The minimum atomic E-state index is 0.188. The van der Waals surface area contributed by atoms with Crippen LogP contribution in [-0.4, -0.2) is 51.7 Å². The molecule has 0 saturated carbocycles. The number of benzene rings is 1. The molecule has 7 heteroatoms. The van der Waals surface area contributed by atoms with Crippen molar-refractivity contribution in [3.63, 3.8) is 0 Å². The van der Waals surface area contributed by atoms with Crippen LogP contribution in [0.2, 0.25) is 0 Å². The van der Waals surface area contributed by atoms with Gasteiger partial charge >= 0.3 is 0 Å². The standard InChI is InChI=1S/C20H22N6O/c27-18-9-14(15-10-22-23-11-15)1-2-16(18)17-3-4-19(25-24-17)26-12-20(13-26)5-7-21-8-6-20/h1-4,9-11,21,27H,5-8,12-13H2,(H,22,23). The van der Waals surface area contributed by atoms with Gasteiger partial charge in [-0.15, -0.1) is 10.2 Å². The molecule has 0 unspecified atom stereocenters. The van der Waals surface area contributed by atoms with Gasteiger partial charge < -0.3 is 15.3 Å². The van der Waals surface area contributed by atoms with E-state index < -0.39 is 0 Å². The number of aromatic hydroxyl groups is 1. The van der Waals surface area contributed by atoms with Crippen molar-refractivity contribution in [1.29, 1.82) is 0 Å². The zero-order valence-corrected chi connectivity index (χ0v) is 15.0. The Morgan fingerprint density at radius 3 is 2.52 bits per heavy atom. The molecule has 7 nitrogen and oxygen atoms in total. The maximum atomic E-state index is 10.4. The molecule has 0 aliphatic carbocycles. The van der Waals surface area contributed by atoms with Gasteiger partial charge in [0.05, 0.1) is 11.9 Å². The molecule has 0 atom stereocenters. The van der Waals surface area contributed by atoms with E-state index in [9.17, 15) is 5.11 Å². The van der Waals surface area contributed by atoms with Crippen molar-refractivity contribution < 1.29 is 5.11 Å². The number of aromatic nitrogens is 4. The number of nitrogens with zero attached hydrogens (tertiary/aromatic N) is 4.